The fourth-order valence-electron chi connectivity index (χ4n) is 3.23. The second-order valence-electron chi connectivity index (χ2n) is 6.27. The van der Waals surface area contributed by atoms with Crippen LogP contribution < -0.4 is 4.72 Å². The van der Waals surface area contributed by atoms with Gasteiger partial charge in [0.15, 0.2) is 0 Å². The van der Waals surface area contributed by atoms with E-state index >= 15 is 0 Å². The van der Waals surface area contributed by atoms with E-state index in [9.17, 15) is 4.79 Å². The van der Waals surface area contributed by atoms with Crippen LogP contribution in [0.1, 0.15) is 54.3 Å². The SMILES string of the molecule is CSNc1ccc2c(c1)C(n1cncc1C(=O)OC(C)C)CCC2. The molecular weight excluding hydrogens is 322 g/mol. The van der Waals surface area contributed by atoms with Crippen LogP contribution in [0.3, 0.4) is 0 Å². The van der Waals surface area contributed by atoms with E-state index in [1.807, 2.05) is 24.7 Å². The molecule has 24 heavy (non-hydrogen) atoms. The van der Waals surface area contributed by atoms with Crippen molar-refractivity contribution < 1.29 is 9.53 Å². The van der Waals surface area contributed by atoms with Gasteiger partial charge in [-0.3, -0.25) is 0 Å². The van der Waals surface area contributed by atoms with Crippen molar-refractivity contribution in [3.8, 4) is 0 Å². The molecule has 0 radical (unpaired) electrons. The van der Waals surface area contributed by atoms with Gasteiger partial charge in [-0.1, -0.05) is 18.0 Å². The molecule has 0 spiro atoms. The Labute approximate surface area is 146 Å². The highest BCUT2D eigenvalue weighted by atomic mass is 32.2. The molecule has 1 heterocycles. The molecule has 6 heteroatoms. The summed E-state index contributed by atoms with van der Waals surface area (Å²) in [5, 5.41) is 0. The molecule has 2 aromatic rings. The molecule has 1 unspecified atom stereocenters. The van der Waals surface area contributed by atoms with Crippen molar-refractivity contribution >= 4 is 23.6 Å². The van der Waals surface area contributed by atoms with E-state index in [0.29, 0.717) is 5.69 Å². The van der Waals surface area contributed by atoms with Gasteiger partial charge in [0.2, 0.25) is 0 Å². The zero-order valence-electron chi connectivity index (χ0n) is 14.3. The van der Waals surface area contributed by atoms with Gasteiger partial charge in [-0.05, 0) is 56.4 Å². The fourth-order valence-corrected chi connectivity index (χ4v) is 3.59. The Morgan fingerprint density at radius 1 is 1.46 bits per heavy atom. The molecular formula is C18H23N3O2S. The number of carbonyl (C=O) groups is 1. The fraction of sp³-hybridized carbons (Fsp3) is 0.444. The largest absolute Gasteiger partial charge is 0.458 e. The standard InChI is InChI=1S/C18H23N3O2S/c1-12(2)23-18(22)17-10-19-11-21(17)16-6-4-5-13-7-8-14(20-24-3)9-15(13)16/h7-12,16,20H,4-6H2,1-3H3. The van der Waals surface area contributed by atoms with Crippen LogP contribution in [-0.4, -0.2) is 27.9 Å². The number of rotatable bonds is 5. The lowest BCUT2D eigenvalue weighted by atomic mass is 9.87. The lowest BCUT2D eigenvalue weighted by Gasteiger charge is -2.28. The molecule has 0 fully saturated rings. The third kappa shape index (κ3) is 3.43. The van der Waals surface area contributed by atoms with E-state index in [0.717, 1.165) is 24.9 Å². The van der Waals surface area contributed by atoms with Gasteiger partial charge >= 0.3 is 5.97 Å². The number of nitrogens with one attached hydrogen (secondary N) is 1. The van der Waals surface area contributed by atoms with Gasteiger partial charge < -0.3 is 14.0 Å². The van der Waals surface area contributed by atoms with E-state index in [1.54, 1.807) is 24.5 Å². The van der Waals surface area contributed by atoms with E-state index in [4.69, 9.17) is 4.74 Å². The van der Waals surface area contributed by atoms with Gasteiger partial charge in [0, 0.05) is 11.9 Å². The zero-order chi connectivity index (χ0) is 17.1. The summed E-state index contributed by atoms with van der Waals surface area (Å²) in [6, 6.07) is 6.60. The Bertz CT molecular complexity index is 727. The monoisotopic (exact) mass is 345 g/mol. The molecule has 1 aromatic heterocycles. The average molecular weight is 345 g/mol. The molecule has 1 atom stereocenters. The van der Waals surface area contributed by atoms with E-state index < -0.39 is 0 Å². The maximum atomic E-state index is 12.4. The first-order valence-electron chi connectivity index (χ1n) is 8.24. The summed E-state index contributed by atoms with van der Waals surface area (Å²) in [5.74, 6) is -0.312. The van der Waals surface area contributed by atoms with Gasteiger partial charge in [0.1, 0.15) is 5.69 Å². The molecule has 0 aliphatic heterocycles. The number of imidazole rings is 1. The highest BCUT2D eigenvalue weighted by Gasteiger charge is 2.26. The molecule has 3 rings (SSSR count). The van der Waals surface area contributed by atoms with Crippen molar-refractivity contribution in [3.63, 3.8) is 0 Å². The van der Waals surface area contributed by atoms with Gasteiger partial charge in [-0.2, -0.15) is 0 Å². The van der Waals surface area contributed by atoms with Crippen molar-refractivity contribution in [1.82, 2.24) is 9.55 Å². The molecule has 1 N–H and O–H groups in total. The summed E-state index contributed by atoms with van der Waals surface area (Å²) in [5.41, 5.74) is 4.20. The number of anilines is 1. The van der Waals surface area contributed by atoms with E-state index in [-0.39, 0.29) is 18.1 Å². The lowest BCUT2D eigenvalue weighted by Crippen LogP contribution is -2.22. The highest BCUT2D eigenvalue weighted by Crippen LogP contribution is 2.35. The van der Waals surface area contributed by atoms with Crippen LogP contribution in [0.25, 0.3) is 0 Å². The summed E-state index contributed by atoms with van der Waals surface area (Å²) in [7, 11) is 0. The number of ether oxygens (including phenoxy) is 1. The molecule has 128 valence electrons. The van der Waals surface area contributed by atoms with Gasteiger partial charge in [-0.15, -0.1) is 0 Å². The maximum Gasteiger partial charge on any atom is 0.356 e. The number of esters is 1. The number of fused-ring (bicyclic) bond motifs is 1. The number of benzene rings is 1. The number of hydrogen-bond acceptors (Lipinski definition) is 5. The van der Waals surface area contributed by atoms with Gasteiger partial charge in [0.05, 0.1) is 24.7 Å². The van der Waals surface area contributed by atoms with Crippen molar-refractivity contribution in [3.05, 3.63) is 47.5 Å². The Morgan fingerprint density at radius 3 is 3.04 bits per heavy atom. The number of aryl methyl sites for hydroxylation is 1. The summed E-state index contributed by atoms with van der Waals surface area (Å²) >= 11 is 1.58. The van der Waals surface area contributed by atoms with E-state index in [2.05, 4.69) is 27.9 Å². The summed E-state index contributed by atoms with van der Waals surface area (Å²) in [6.45, 7) is 3.71. The zero-order valence-corrected chi connectivity index (χ0v) is 15.1. The molecule has 0 amide bonds. The number of hydrogen-bond donors (Lipinski definition) is 1. The number of aromatic nitrogens is 2. The minimum Gasteiger partial charge on any atom is -0.458 e. The molecule has 1 aromatic carbocycles. The summed E-state index contributed by atoms with van der Waals surface area (Å²) < 4.78 is 10.6. The maximum absolute atomic E-state index is 12.4. The topological polar surface area (TPSA) is 56.2 Å². The number of carbonyl (C=O) groups excluding carboxylic acids is 1. The normalized spacial score (nSPS) is 16.8. The first-order chi connectivity index (χ1) is 11.6. The minimum atomic E-state index is -0.312. The molecule has 0 saturated carbocycles. The van der Waals surface area contributed by atoms with Crippen molar-refractivity contribution in [2.75, 3.05) is 11.0 Å². The van der Waals surface area contributed by atoms with Crippen LogP contribution in [0.5, 0.6) is 0 Å². The van der Waals surface area contributed by atoms with Crippen LogP contribution in [-0.2, 0) is 11.2 Å². The Kier molecular flexibility index (Phi) is 5.14. The minimum absolute atomic E-state index is 0.120. The molecule has 1 aliphatic rings. The molecule has 0 saturated heterocycles. The summed E-state index contributed by atoms with van der Waals surface area (Å²) in [6.07, 6.45) is 8.38. The van der Waals surface area contributed by atoms with Crippen molar-refractivity contribution in [2.45, 2.75) is 45.3 Å². The number of nitrogens with zero attached hydrogens (tertiary/aromatic N) is 2. The summed E-state index contributed by atoms with van der Waals surface area (Å²) in [4.78, 5) is 16.6. The second kappa shape index (κ2) is 7.30. The van der Waals surface area contributed by atoms with Gasteiger partial charge in [-0.25, -0.2) is 9.78 Å². The van der Waals surface area contributed by atoms with Crippen LogP contribution in [0.4, 0.5) is 5.69 Å². The van der Waals surface area contributed by atoms with Crippen LogP contribution in [0, 0.1) is 0 Å². The Hall–Kier alpha value is -1.95. The Morgan fingerprint density at radius 2 is 2.29 bits per heavy atom. The second-order valence-corrected chi connectivity index (χ2v) is 6.88. The van der Waals surface area contributed by atoms with Crippen LogP contribution in [0.15, 0.2) is 30.7 Å². The first-order valence-corrected chi connectivity index (χ1v) is 9.47. The third-order valence-corrected chi connectivity index (χ3v) is 4.64. The average Bonchev–Trinajstić information content (AvgIpc) is 3.03. The van der Waals surface area contributed by atoms with Gasteiger partial charge in [0.25, 0.3) is 0 Å². The predicted octanol–water partition coefficient (Wildman–Crippen LogP) is 4.06. The lowest BCUT2D eigenvalue weighted by molar-refractivity contribution is 0.0363. The van der Waals surface area contributed by atoms with Crippen molar-refractivity contribution in [1.29, 1.82) is 0 Å². The first kappa shape index (κ1) is 16.9. The third-order valence-electron chi connectivity index (χ3n) is 4.20. The smallest absolute Gasteiger partial charge is 0.356 e. The molecule has 5 nitrogen and oxygen atoms in total. The predicted molar refractivity (Wildman–Crippen MR) is 97.4 cm³/mol. The highest BCUT2D eigenvalue weighted by molar-refractivity contribution is 7.99. The Balaban J connectivity index is 1.96. The molecule has 1 aliphatic carbocycles. The van der Waals surface area contributed by atoms with E-state index in [1.165, 1.54) is 11.1 Å². The van der Waals surface area contributed by atoms with Crippen molar-refractivity contribution in [2.24, 2.45) is 0 Å². The van der Waals surface area contributed by atoms with Crippen LogP contribution in [0.2, 0.25) is 0 Å². The molecule has 0 bridgehead atoms. The quantitative estimate of drug-likeness (QED) is 0.654. The van der Waals surface area contributed by atoms with Crippen LogP contribution >= 0.6 is 11.9 Å².